The summed E-state index contributed by atoms with van der Waals surface area (Å²) in [4.78, 5) is 40.4. The Bertz CT molecular complexity index is 824. The van der Waals surface area contributed by atoms with Gasteiger partial charge >= 0.3 is 0 Å². The summed E-state index contributed by atoms with van der Waals surface area (Å²) in [6.45, 7) is 6.82. The number of hydrogen-bond donors (Lipinski definition) is 1. The van der Waals surface area contributed by atoms with Crippen LogP contribution in [0.2, 0.25) is 0 Å². The van der Waals surface area contributed by atoms with Crippen LogP contribution in [0.25, 0.3) is 0 Å². The predicted molar refractivity (Wildman–Crippen MR) is 107 cm³/mol. The van der Waals surface area contributed by atoms with E-state index in [-0.39, 0.29) is 30.2 Å². The Morgan fingerprint density at radius 1 is 1.21 bits per heavy atom. The molecule has 0 aliphatic carbocycles. The molecule has 3 heterocycles. The number of likely N-dealkylation sites (N-methyl/N-ethyl adjacent to an activating group) is 1. The molecule has 3 aliphatic heterocycles. The van der Waals surface area contributed by atoms with Crippen molar-refractivity contribution in [1.82, 2.24) is 15.1 Å². The fourth-order valence-electron chi connectivity index (χ4n) is 4.86. The summed E-state index contributed by atoms with van der Waals surface area (Å²) in [6, 6.07) is 5.39. The molecule has 4 rings (SSSR count). The van der Waals surface area contributed by atoms with Crippen LogP contribution in [0.5, 0.6) is 5.75 Å². The molecule has 29 heavy (non-hydrogen) atoms. The van der Waals surface area contributed by atoms with Crippen LogP contribution in [0.15, 0.2) is 18.2 Å². The summed E-state index contributed by atoms with van der Waals surface area (Å²) in [6.07, 6.45) is 4.32. The van der Waals surface area contributed by atoms with Crippen molar-refractivity contribution < 1.29 is 19.1 Å². The van der Waals surface area contributed by atoms with Crippen LogP contribution >= 0.6 is 0 Å². The normalized spacial score (nSPS) is 26.3. The molecule has 1 aromatic carbocycles. The number of benzene rings is 1. The van der Waals surface area contributed by atoms with Crippen molar-refractivity contribution in [2.45, 2.75) is 70.7 Å². The molecule has 1 unspecified atom stereocenters. The van der Waals surface area contributed by atoms with E-state index in [1.165, 1.54) is 12.8 Å². The highest BCUT2D eigenvalue weighted by Crippen LogP contribution is 2.31. The SMILES string of the molecule is CCN1CCCC[C@@H]1[C@H](C)Oc1ccc2c(c1)CN(C1CCC(=O)NC1=O)C2=O. The van der Waals surface area contributed by atoms with Gasteiger partial charge in [-0.1, -0.05) is 13.3 Å². The lowest BCUT2D eigenvalue weighted by Crippen LogP contribution is -2.52. The molecule has 1 aromatic rings. The Morgan fingerprint density at radius 2 is 2.03 bits per heavy atom. The van der Waals surface area contributed by atoms with Crippen LogP contribution in [-0.4, -0.2) is 58.8 Å². The number of nitrogens with one attached hydrogen (secondary N) is 1. The van der Waals surface area contributed by atoms with Gasteiger partial charge in [-0.3, -0.25) is 24.6 Å². The van der Waals surface area contributed by atoms with Gasteiger partial charge in [0.25, 0.3) is 5.91 Å². The Balaban J connectivity index is 1.46. The minimum atomic E-state index is -0.587. The van der Waals surface area contributed by atoms with Crippen LogP contribution in [0, 0.1) is 0 Å². The van der Waals surface area contributed by atoms with E-state index < -0.39 is 6.04 Å². The van der Waals surface area contributed by atoms with Crippen LogP contribution in [0.1, 0.15) is 61.9 Å². The van der Waals surface area contributed by atoms with E-state index in [0.29, 0.717) is 24.6 Å². The molecule has 7 nitrogen and oxygen atoms in total. The number of piperidine rings is 2. The maximum absolute atomic E-state index is 12.8. The van der Waals surface area contributed by atoms with Gasteiger partial charge in [0, 0.05) is 24.6 Å². The molecule has 2 saturated heterocycles. The number of likely N-dealkylation sites (tertiary alicyclic amines) is 1. The van der Waals surface area contributed by atoms with E-state index in [4.69, 9.17) is 4.74 Å². The fourth-order valence-corrected chi connectivity index (χ4v) is 4.86. The maximum Gasteiger partial charge on any atom is 0.255 e. The third kappa shape index (κ3) is 3.88. The molecule has 3 amide bonds. The van der Waals surface area contributed by atoms with E-state index in [0.717, 1.165) is 30.8 Å². The molecule has 156 valence electrons. The van der Waals surface area contributed by atoms with Crippen LogP contribution < -0.4 is 10.1 Å². The first-order chi connectivity index (χ1) is 14.0. The second-order valence-corrected chi connectivity index (χ2v) is 8.23. The highest BCUT2D eigenvalue weighted by atomic mass is 16.5. The van der Waals surface area contributed by atoms with Gasteiger partial charge in [0.2, 0.25) is 11.8 Å². The summed E-state index contributed by atoms with van der Waals surface area (Å²) in [5.41, 5.74) is 1.49. The zero-order chi connectivity index (χ0) is 20.5. The number of imide groups is 1. The van der Waals surface area contributed by atoms with Crippen LogP contribution in [0.4, 0.5) is 0 Å². The Hall–Kier alpha value is -2.41. The smallest absolute Gasteiger partial charge is 0.255 e. The zero-order valence-electron chi connectivity index (χ0n) is 17.1. The lowest BCUT2D eigenvalue weighted by Gasteiger charge is -2.38. The van der Waals surface area contributed by atoms with E-state index in [1.807, 2.05) is 12.1 Å². The first-order valence-corrected chi connectivity index (χ1v) is 10.7. The maximum atomic E-state index is 12.8. The van der Waals surface area contributed by atoms with E-state index in [1.54, 1.807) is 11.0 Å². The second-order valence-electron chi connectivity index (χ2n) is 8.23. The first-order valence-electron chi connectivity index (χ1n) is 10.7. The third-order valence-corrected chi connectivity index (χ3v) is 6.43. The number of carbonyl (C=O) groups is 3. The average molecular weight is 399 g/mol. The van der Waals surface area contributed by atoms with Gasteiger partial charge in [-0.25, -0.2) is 0 Å². The van der Waals surface area contributed by atoms with Crippen molar-refractivity contribution in [2.24, 2.45) is 0 Å². The molecular formula is C22H29N3O4. The van der Waals surface area contributed by atoms with E-state index in [9.17, 15) is 14.4 Å². The fraction of sp³-hybridized carbons (Fsp3) is 0.591. The molecule has 0 spiro atoms. The summed E-state index contributed by atoms with van der Waals surface area (Å²) in [7, 11) is 0. The summed E-state index contributed by atoms with van der Waals surface area (Å²) >= 11 is 0. The Kier molecular flexibility index (Phi) is 5.58. The lowest BCUT2D eigenvalue weighted by atomic mass is 9.98. The van der Waals surface area contributed by atoms with Crippen molar-refractivity contribution in [1.29, 1.82) is 0 Å². The zero-order valence-corrected chi connectivity index (χ0v) is 17.1. The molecule has 0 saturated carbocycles. The van der Waals surface area contributed by atoms with Gasteiger partial charge in [0.1, 0.15) is 17.9 Å². The summed E-state index contributed by atoms with van der Waals surface area (Å²) in [5.74, 6) is -0.0530. The van der Waals surface area contributed by atoms with E-state index >= 15 is 0 Å². The molecule has 0 radical (unpaired) electrons. The van der Waals surface area contributed by atoms with Crippen LogP contribution in [-0.2, 0) is 16.1 Å². The lowest BCUT2D eigenvalue weighted by molar-refractivity contribution is -0.136. The number of ether oxygens (including phenoxy) is 1. The van der Waals surface area contributed by atoms with E-state index in [2.05, 4.69) is 24.1 Å². The molecule has 2 fully saturated rings. The van der Waals surface area contributed by atoms with Crippen molar-refractivity contribution in [3.8, 4) is 5.75 Å². The molecule has 1 N–H and O–H groups in total. The monoisotopic (exact) mass is 399 g/mol. The number of amides is 3. The van der Waals surface area contributed by atoms with Gasteiger partial charge in [-0.2, -0.15) is 0 Å². The minimum Gasteiger partial charge on any atom is -0.489 e. The molecule has 0 bridgehead atoms. The number of nitrogens with zero attached hydrogens (tertiary/aromatic N) is 2. The predicted octanol–water partition coefficient (Wildman–Crippen LogP) is 2.09. The quantitative estimate of drug-likeness (QED) is 0.767. The average Bonchev–Trinajstić information content (AvgIpc) is 3.03. The first kappa shape index (κ1) is 19.9. The Morgan fingerprint density at radius 3 is 2.79 bits per heavy atom. The van der Waals surface area contributed by atoms with Crippen molar-refractivity contribution >= 4 is 17.7 Å². The van der Waals surface area contributed by atoms with Gasteiger partial charge in [0.05, 0.1) is 0 Å². The van der Waals surface area contributed by atoms with Gasteiger partial charge in [-0.15, -0.1) is 0 Å². The summed E-state index contributed by atoms with van der Waals surface area (Å²) in [5, 5.41) is 2.34. The number of fused-ring (bicyclic) bond motifs is 1. The largest absolute Gasteiger partial charge is 0.489 e. The molecule has 0 aromatic heterocycles. The topological polar surface area (TPSA) is 79.0 Å². The molecule has 3 atom stereocenters. The highest BCUT2D eigenvalue weighted by molar-refractivity contribution is 6.05. The van der Waals surface area contributed by atoms with Crippen molar-refractivity contribution in [3.63, 3.8) is 0 Å². The molecular weight excluding hydrogens is 370 g/mol. The van der Waals surface area contributed by atoms with Gasteiger partial charge < -0.3 is 9.64 Å². The molecule has 7 heteroatoms. The third-order valence-electron chi connectivity index (χ3n) is 6.43. The van der Waals surface area contributed by atoms with Crippen molar-refractivity contribution in [2.75, 3.05) is 13.1 Å². The Labute approximate surface area is 171 Å². The number of hydrogen-bond acceptors (Lipinski definition) is 5. The number of rotatable bonds is 5. The number of carbonyl (C=O) groups excluding carboxylic acids is 3. The van der Waals surface area contributed by atoms with Gasteiger partial charge in [0.15, 0.2) is 0 Å². The summed E-state index contributed by atoms with van der Waals surface area (Å²) < 4.78 is 6.27. The minimum absolute atomic E-state index is 0.0663. The second kappa shape index (κ2) is 8.14. The van der Waals surface area contributed by atoms with Gasteiger partial charge in [-0.05, 0) is 63.0 Å². The molecule has 3 aliphatic rings. The highest BCUT2D eigenvalue weighted by Gasteiger charge is 2.39. The van der Waals surface area contributed by atoms with Crippen LogP contribution in [0.3, 0.4) is 0 Å². The van der Waals surface area contributed by atoms with Crippen molar-refractivity contribution in [3.05, 3.63) is 29.3 Å². The standard InChI is InChI=1S/C22H29N3O4/c1-3-24-11-5-4-6-18(24)14(2)29-16-7-8-17-15(12-16)13-25(22(17)28)19-9-10-20(26)23-21(19)27/h7-8,12,14,18-19H,3-6,9-11,13H2,1-2H3,(H,23,26,27)/t14-,18+,19?/m0/s1.